The van der Waals surface area contributed by atoms with Gasteiger partial charge in [-0.05, 0) is 40.7 Å². The fourth-order valence-electron chi connectivity index (χ4n) is 6.54. The van der Waals surface area contributed by atoms with E-state index in [0.717, 1.165) is 25.9 Å². The Balaban J connectivity index is 1.44. The lowest BCUT2D eigenvalue weighted by molar-refractivity contribution is 0.0429. The van der Waals surface area contributed by atoms with Crippen molar-refractivity contribution in [3.8, 4) is 0 Å². The molecule has 5 aromatic carbocycles. The first-order valence-electron chi connectivity index (χ1n) is 14.6. The van der Waals surface area contributed by atoms with Crippen LogP contribution in [0.15, 0.2) is 152 Å². The van der Waals surface area contributed by atoms with E-state index < -0.39 is 0 Å². The van der Waals surface area contributed by atoms with Crippen molar-refractivity contribution >= 4 is 0 Å². The van der Waals surface area contributed by atoms with Crippen molar-refractivity contribution in [2.75, 3.05) is 6.54 Å². The van der Waals surface area contributed by atoms with E-state index in [9.17, 15) is 0 Å². The maximum absolute atomic E-state index is 4.05. The van der Waals surface area contributed by atoms with Gasteiger partial charge in [-0.3, -0.25) is 4.90 Å². The summed E-state index contributed by atoms with van der Waals surface area (Å²) in [6, 6.07) is 56.2. The smallest absolute Gasteiger partial charge is 0.0437 e. The summed E-state index contributed by atoms with van der Waals surface area (Å²) in [5.74, 6) is 0.308. The minimum atomic E-state index is 0.236. The van der Waals surface area contributed by atoms with Gasteiger partial charge in [0.15, 0.2) is 0 Å². The van der Waals surface area contributed by atoms with Gasteiger partial charge in [0.2, 0.25) is 0 Å². The molecule has 0 radical (unpaired) electrons. The highest BCUT2D eigenvalue weighted by Gasteiger charge is 2.44. The lowest BCUT2D eigenvalue weighted by Gasteiger charge is -2.51. The van der Waals surface area contributed by atoms with Gasteiger partial charge in [-0.2, -0.15) is 0 Å². The standard InChI is InChI=1S/C38H38N2/c1-6-16-30(17-7-1)26-27-40-36(32-20-10-3-11-21-32)28-35(39-29-31-18-8-2-9-19-31)37(33-22-12-4-13-23-33)38(40)34-24-14-5-15-25-34/h1-25,35-39H,26-29H2/t35-,36+,37+,38+/m0/s1. The van der Waals surface area contributed by atoms with Crippen molar-refractivity contribution in [1.82, 2.24) is 10.2 Å². The average Bonchev–Trinajstić information content (AvgIpc) is 3.04. The van der Waals surface area contributed by atoms with Crippen LogP contribution in [0.25, 0.3) is 0 Å². The van der Waals surface area contributed by atoms with Gasteiger partial charge in [-0.15, -0.1) is 0 Å². The molecule has 4 atom stereocenters. The molecule has 0 spiro atoms. The average molecular weight is 523 g/mol. The van der Waals surface area contributed by atoms with Crippen LogP contribution in [0.5, 0.6) is 0 Å². The lowest BCUT2D eigenvalue weighted by atomic mass is 9.73. The van der Waals surface area contributed by atoms with Crippen LogP contribution in [0.3, 0.4) is 0 Å². The molecule has 1 heterocycles. The zero-order chi connectivity index (χ0) is 27.0. The summed E-state index contributed by atoms with van der Waals surface area (Å²) in [6.07, 6.45) is 2.08. The zero-order valence-electron chi connectivity index (χ0n) is 23.0. The second kappa shape index (κ2) is 12.9. The molecule has 0 bridgehead atoms. The van der Waals surface area contributed by atoms with Crippen LogP contribution in [0.4, 0.5) is 0 Å². The number of benzene rings is 5. The first-order valence-corrected chi connectivity index (χ1v) is 14.6. The van der Waals surface area contributed by atoms with Crippen molar-refractivity contribution in [3.63, 3.8) is 0 Å². The summed E-state index contributed by atoms with van der Waals surface area (Å²) in [5.41, 5.74) is 6.90. The SMILES string of the molecule is c1ccc(CCN2[C@@H](c3ccccc3)C[C@H](NCc3ccccc3)[C@@H](c3ccccc3)[C@H]2c2ccccc2)cc1. The Labute approximate surface area is 239 Å². The molecule has 2 nitrogen and oxygen atoms in total. The molecule has 2 heteroatoms. The summed E-state index contributed by atoms with van der Waals surface area (Å²) in [5, 5.41) is 4.05. The topological polar surface area (TPSA) is 15.3 Å². The van der Waals surface area contributed by atoms with E-state index in [2.05, 4.69) is 162 Å². The summed E-state index contributed by atoms with van der Waals surface area (Å²) in [6.45, 7) is 1.86. The largest absolute Gasteiger partial charge is 0.309 e. The monoisotopic (exact) mass is 522 g/mol. The molecule has 1 aliphatic rings. The number of likely N-dealkylation sites (tertiary alicyclic amines) is 1. The third kappa shape index (κ3) is 6.09. The summed E-state index contributed by atoms with van der Waals surface area (Å²) < 4.78 is 0. The molecule has 6 rings (SSSR count). The Bertz CT molecular complexity index is 1420. The number of rotatable bonds is 9. The van der Waals surface area contributed by atoms with Crippen LogP contribution >= 0.6 is 0 Å². The number of hydrogen-bond acceptors (Lipinski definition) is 2. The van der Waals surface area contributed by atoms with Gasteiger partial charge >= 0.3 is 0 Å². The minimum absolute atomic E-state index is 0.236. The third-order valence-electron chi connectivity index (χ3n) is 8.43. The number of nitrogens with one attached hydrogen (secondary N) is 1. The molecule has 0 aliphatic carbocycles. The maximum atomic E-state index is 4.05. The molecular formula is C38H38N2. The van der Waals surface area contributed by atoms with Gasteiger partial charge in [-0.1, -0.05) is 152 Å². The first-order chi connectivity index (χ1) is 19.9. The van der Waals surface area contributed by atoms with Gasteiger partial charge in [0, 0.05) is 37.1 Å². The fraction of sp³-hybridized carbons (Fsp3) is 0.211. The molecule has 0 unspecified atom stereocenters. The van der Waals surface area contributed by atoms with Crippen molar-refractivity contribution < 1.29 is 0 Å². The molecule has 1 fully saturated rings. The van der Waals surface area contributed by atoms with Crippen LogP contribution in [-0.2, 0) is 13.0 Å². The summed E-state index contributed by atoms with van der Waals surface area (Å²) >= 11 is 0. The molecule has 1 aliphatic heterocycles. The Hall–Kier alpha value is -3.98. The highest BCUT2D eigenvalue weighted by molar-refractivity contribution is 5.34. The molecule has 0 amide bonds. The second-order valence-corrected chi connectivity index (χ2v) is 10.9. The Morgan fingerprint density at radius 1 is 0.525 bits per heavy atom. The van der Waals surface area contributed by atoms with Crippen LogP contribution in [0.2, 0.25) is 0 Å². The van der Waals surface area contributed by atoms with E-state index >= 15 is 0 Å². The first kappa shape index (κ1) is 26.3. The molecule has 0 aromatic heterocycles. The molecule has 1 N–H and O–H groups in total. The maximum Gasteiger partial charge on any atom is 0.0437 e. The summed E-state index contributed by atoms with van der Waals surface area (Å²) in [4.78, 5) is 2.80. The van der Waals surface area contributed by atoms with Gasteiger partial charge in [0.05, 0.1) is 0 Å². The van der Waals surface area contributed by atoms with Crippen LogP contribution in [0.1, 0.15) is 52.2 Å². The van der Waals surface area contributed by atoms with Gasteiger partial charge in [0.1, 0.15) is 0 Å². The quantitative estimate of drug-likeness (QED) is 0.209. The molecule has 40 heavy (non-hydrogen) atoms. The van der Waals surface area contributed by atoms with E-state index in [1.807, 2.05) is 0 Å². The van der Waals surface area contributed by atoms with E-state index in [1.54, 1.807) is 0 Å². The normalized spacial score (nSPS) is 21.2. The number of nitrogens with zero attached hydrogens (tertiary/aromatic N) is 1. The molecular weight excluding hydrogens is 484 g/mol. The van der Waals surface area contributed by atoms with E-state index in [1.165, 1.54) is 27.8 Å². The zero-order valence-corrected chi connectivity index (χ0v) is 23.0. The Morgan fingerprint density at radius 3 is 1.57 bits per heavy atom. The number of hydrogen-bond donors (Lipinski definition) is 1. The van der Waals surface area contributed by atoms with Crippen LogP contribution in [-0.4, -0.2) is 17.5 Å². The van der Waals surface area contributed by atoms with Crippen LogP contribution < -0.4 is 5.32 Å². The lowest BCUT2D eigenvalue weighted by Crippen LogP contribution is -2.51. The van der Waals surface area contributed by atoms with Gasteiger partial charge in [0.25, 0.3) is 0 Å². The third-order valence-corrected chi connectivity index (χ3v) is 8.43. The van der Waals surface area contributed by atoms with Gasteiger partial charge in [-0.25, -0.2) is 0 Å². The Kier molecular flexibility index (Phi) is 8.48. The molecule has 1 saturated heterocycles. The van der Waals surface area contributed by atoms with Crippen molar-refractivity contribution in [3.05, 3.63) is 179 Å². The van der Waals surface area contributed by atoms with Crippen LogP contribution in [0, 0.1) is 0 Å². The van der Waals surface area contributed by atoms with E-state index in [0.29, 0.717) is 18.0 Å². The highest BCUT2D eigenvalue weighted by Crippen LogP contribution is 2.49. The van der Waals surface area contributed by atoms with Gasteiger partial charge < -0.3 is 5.32 Å². The number of piperidine rings is 1. The predicted octanol–water partition coefficient (Wildman–Crippen LogP) is 8.36. The molecule has 5 aromatic rings. The van der Waals surface area contributed by atoms with Crippen molar-refractivity contribution in [1.29, 1.82) is 0 Å². The minimum Gasteiger partial charge on any atom is -0.309 e. The second-order valence-electron chi connectivity index (χ2n) is 10.9. The Morgan fingerprint density at radius 2 is 1.00 bits per heavy atom. The summed E-state index contributed by atoms with van der Waals surface area (Å²) in [7, 11) is 0. The fourth-order valence-corrected chi connectivity index (χ4v) is 6.54. The predicted molar refractivity (Wildman–Crippen MR) is 166 cm³/mol. The molecule has 200 valence electrons. The molecule has 0 saturated carbocycles. The van der Waals surface area contributed by atoms with Crippen molar-refractivity contribution in [2.24, 2.45) is 0 Å². The van der Waals surface area contributed by atoms with E-state index in [-0.39, 0.29) is 6.04 Å². The van der Waals surface area contributed by atoms with Crippen molar-refractivity contribution in [2.45, 2.75) is 43.4 Å². The highest BCUT2D eigenvalue weighted by atomic mass is 15.2. The van der Waals surface area contributed by atoms with E-state index in [4.69, 9.17) is 0 Å².